The van der Waals surface area contributed by atoms with Crippen LogP contribution in [0, 0.1) is 0 Å². The molecule has 2 atom stereocenters. The minimum Gasteiger partial charge on any atom is -0.488 e. The van der Waals surface area contributed by atoms with Crippen LogP contribution in [0.1, 0.15) is 22.8 Å². The Morgan fingerprint density at radius 3 is 2.31 bits per heavy atom. The zero-order chi connectivity index (χ0) is 24.9. The molecule has 1 aliphatic rings. The quantitative estimate of drug-likeness (QED) is 0.250. The van der Waals surface area contributed by atoms with E-state index >= 15 is 0 Å². The number of hydrogen-bond donors (Lipinski definition) is 4. The summed E-state index contributed by atoms with van der Waals surface area (Å²) in [7, 11) is 0. The van der Waals surface area contributed by atoms with E-state index in [2.05, 4.69) is 10.3 Å². The van der Waals surface area contributed by atoms with Gasteiger partial charge in [0.05, 0.1) is 38.9 Å². The number of carbonyl (C=O) groups is 1. The van der Waals surface area contributed by atoms with Crippen molar-refractivity contribution in [2.45, 2.75) is 16.7 Å². The number of ketones is 1. The number of anilines is 2. The second kappa shape index (κ2) is 8.86. The maximum Gasteiger partial charge on any atom is 0.291 e. The molecule has 0 aliphatic heterocycles. The van der Waals surface area contributed by atoms with Crippen molar-refractivity contribution in [1.29, 1.82) is 0 Å². The molecule has 0 bridgehead atoms. The number of hydrogen-bond acceptors (Lipinski definition) is 6. The Hall–Kier alpha value is -3.64. The number of aromatic nitrogens is 1. The standard InChI is InChI=1S/C24H18N2O7S2/c1-2-33-23-19-13-5-3-4-6-14(13)22(27)21-17(10-9-16(20(19)21)26-24(23)28)25-15-8-7-12(34(29)30)11-18(15)35(31)32/h3-11,25H,2H2,1H3,(H,26,28)(H,29,30)(H,31,32). The van der Waals surface area contributed by atoms with Crippen molar-refractivity contribution in [1.82, 2.24) is 4.98 Å². The van der Waals surface area contributed by atoms with Crippen LogP contribution in [-0.2, 0) is 22.2 Å². The van der Waals surface area contributed by atoms with E-state index in [-0.39, 0.29) is 39.2 Å². The van der Waals surface area contributed by atoms with Gasteiger partial charge >= 0.3 is 0 Å². The molecule has 35 heavy (non-hydrogen) atoms. The molecule has 0 radical (unpaired) electrons. The predicted octanol–water partition coefficient (Wildman–Crippen LogP) is 4.04. The zero-order valence-corrected chi connectivity index (χ0v) is 19.8. The van der Waals surface area contributed by atoms with E-state index in [0.29, 0.717) is 33.3 Å². The SMILES string of the molecule is CCOc1c2c3c(c(Nc4ccc(S(=O)O)cc4S(=O)O)ccc3[nH]c1=O)C(=O)c1ccccc1-2. The molecule has 0 saturated carbocycles. The Kier molecular flexibility index (Phi) is 5.85. The van der Waals surface area contributed by atoms with Crippen molar-refractivity contribution in [2.75, 3.05) is 11.9 Å². The molecule has 0 amide bonds. The smallest absolute Gasteiger partial charge is 0.291 e. The van der Waals surface area contributed by atoms with Gasteiger partial charge in [-0.15, -0.1) is 0 Å². The first-order valence-electron chi connectivity index (χ1n) is 10.4. The van der Waals surface area contributed by atoms with Gasteiger partial charge in [0.1, 0.15) is 0 Å². The van der Waals surface area contributed by atoms with Gasteiger partial charge < -0.3 is 24.1 Å². The minimum absolute atomic E-state index is 0.0426. The average molecular weight is 511 g/mol. The molecule has 1 aromatic heterocycles. The van der Waals surface area contributed by atoms with Gasteiger partial charge in [0, 0.05) is 16.5 Å². The number of nitrogens with one attached hydrogen (secondary N) is 2. The first-order valence-corrected chi connectivity index (χ1v) is 12.7. The largest absolute Gasteiger partial charge is 0.488 e. The Bertz CT molecular complexity index is 1650. The summed E-state index contributed by atoms with van der Waals surface area (Å²) in [6.07, 6.45) is 0. The molecule has 1 aliphatic carbocycles. The molecule has 3 aromatic carbocycles. The van der Waals surface area contributed by atoms with Crippen LogP contribution in [0.2, 0.25) is 0 Å². The van der Waals surface area contributed by atoms with E-state index in [0.717, 1.165) is 6.07 Å². The van der Waals surface area contributed by atoms with E-state index in [4.69, 9.17) is 4.74 Å². The van der Waals surface area contributed by atoms with Crippen LogP contribution >= 0.6 is 0 Å². The molecular formula is C24H18N2O7S2. The fourth-order valence-electron chi connectivity index (χ4n) is 4.29. The third-order valence-corrected chi connectivity index (χ3v) is 7.08. The summed E-state index contributed by atoms with van der Waals surface area (Å²) >= 11 is -4.82. The summed E-state index contributed by atoms with van der Waals surface area (Å²) in [6.45, 7) is 2.00. The molecule has 11 heteroatoms. The number of benzene rings is 3. The van der Waals surface area contributed by atoms with Crippen LogP contribution in [0.15, 0.2) is 69.2 Å². The molecule has 0 saturated heterocycles. The first-order chi connectivity index (χ1) is 16.8. The predicted molar refractivity (Wildman–Crippen MR) is 132 cm³/mol. The molecular weight excluding hydrogens is 492 g/mol. The lowest BCUT2D eigenvalue weighted by molar-refractivity contribution is 0.104. The number of H-pyrrole nitrogens is 1. The fraction of sp³-hybridized carbons (Fsp3) is 0.0833. The summed E-state index contributed by atoms with van der Waals surface area (Å²) in [6, 6.07) is 14.0. The van der Waals surface area contributed by atoms with Gasteiger partial charge in [-0.2, -0.15) is 0 Å². The van der Waals surface area contributed by atoms with Gasteiger partial charge in [-0.25, -0.2) is 8.42 Å². The molecule has 1 heterocycles. The highest BCUT2D eigenvalue weighted by atomic mass is 32.2. The lowest BCUT2D eigenvalue weighted by atomic mass is 9.83. The monoisotopic (exact) mass is 510 g/mol. The van der Waals surface area contributed by atoms with Crippen LogP contribution < -0.4 is 15.6 Å². The summed E-state index contributed by atoms with van der Waals surface area (Å²) in [4.78, 5) is 29.1. The lowest BCUT2D eigenvalue weighted by Crippen LogP contribution is -2.19. The van der Waals surface area contributed by atoms with Gasteiger partial charge in [-0.05, 0) is 42.8 Å². The highest BCUT2D eigenvalue weighted by Crippen LogP contribution is 2.45. The minimum atomic E-state index is -2.48. The molecule has 2 unspecified atom stereocenters. The van der Waals surface area contributed by atoms with Crippen molar-refractivity contribution < 1.29 is 27.1 Å². The van der Waals surface area contributed by atoms with E-state index in [1.54, 1.807) is 43.3 Å². The fourth-order valence-corrected chi connectivity index (χ4v) is 5.30. The molecule has 178 valence electrons. The number of fused-ring (bicyclic) bond motifs is 2. The van der Waals surface area contributed by atoms with Crippen molar-refractivity contribution in [3.63, 3.8) is 0 Å². The van der Waals surface area contributed by atoms with Gasteiger partial charge in [0.25, 0.3) is 5.56 Å². The highest BCUT2D eigenvalue weighted by Gasteiger charge is 2.31. The molecule has 5 rings (SSSR count). The van der Waals surface area contributed by atoms with Crippen molar-refractivity contribution >= 4 is 50.2 Å². The molecule has 0 spiro atoms. The summed E-state index contributed by atoms with van der Waals surface area (Å²) in [5, 5.41) is 3.52. The number of carbonyl (C=O) groups excluding carboxylic acids is 1. The topological polar surface area (TPSA) is 146 Å². The lowest BCUT2D eigenvalue weighted by Gasteiger charge is -2.24. The van der Waals surface area contributed by atoms with Crippen LogP contribution in [0.25, 0.3) is 22.0 Å². The van der Waals surface area contributed by atoms with Gasteiger partial charge in [-0.3, -0.25) is 9.59 Å². The number of pyridine rings is 1. The maximum absolute atomic E-state index is 13.7. The Morgan fingerprint density at radius 2 is 1.63 bits per heavy atom. The number of ether oxygens (including phenoxy) is 1. The second-order valence-electron chi connectivity index (χ2n) is 7.66. The third-order valence-electron chi connectivity index (χ3n) is 5.71. The van der Waals surface area contributed by atoms with E-state index < -0.39 is 27.7 Å². The molecule has 0 fully saturated rings. The van der Waals surface area contributed by atoms with E-state index in [1.807, 2.05) is 0 Å². The number of aromatic amines is 1. The number of rotatable bonds is 6. The van der Waals surface area contributed by atoms with Crippen LogP contribution in [0.4, 0.5) is 11.4 Å². The van der Waals surface area contributed by atoms with Crippen LogP contribution in [-0.4, -0.2) is 34.9 Å². The first kappa shape index (κ1) is 23.1. The summed E-state index contributed by atoms with van der Waals surface area (Å²) in [5.41, 5.74) is 2.25. The van der Waals surface area contributed by atoms with Crippen molar-refractivity contribution in [3.05, 3.63) is 76.1 Å². The average Bonchev–Trinajstić information content (AvgIpc) is 2.84. The normalized spacial score (nSPS) is 13.9. The van der Waals surface area contributed by atoms with Gasteiger partial charge in [0.2, 0.25) is 0 Å². The highest BCUT2D eigenvalue weighted by molar-refractivity contribution is 7.80. The van der Waals surface area contributed by atoms with Crippen LogP contribution in [0.3, 0.4) is 0 Å². The Labute approximate surface area is 203 Å². The van der Waals surface area contributed by atoms with Gasteiger partial charge in [-0.1, -0.05) is 24.3 Å². The van der Waals surface area contributed by atoms with Crippen LogP contribution in [0.5, 0.6) is 5.75 Å². The maximum atomic E-state index is 13.7. The Morgan fingerprint density at radius 1 is 0.914 bits per heavy atom. The third kappa shape index (κ3) is 3.78. The molecule has 4 aromatic rings. The molecule has 4 N–H and O–H groups in total. The molecule has 9 nitrogen and oxygen atoms in total. The van der Waals surface area contributed by atoms with Crippen molar-refractivity contribution in [2.24, 2.45) is 0 Å². The Balaban J connectivity index is 1.80. The summed E-state index contributed by atoms with van der Waals surface area (Å²) < 4.78 is 48.2. The van der Waals surface area contributed by atoms with Gasteiger partial charge in [0.15, 0.2) is 33.7 Å². The van der Waals surface area contributed by atoms with Crippen molar-refractivity contribution in [3.8, 4) is 16.9 Å². The van der Waals surface area contributed by atoms with E-state index in [1.165, 1.54) is 12.1 Å². The van der Waals surface area contributed by atoms with E-state index in [9.17, 15) is 27.1 Å². The zero-order valence-electron chi connectivity index (χ0n) is 18.2. The summed E-state index contributed by atoms with van der Waals surface area (Å²) in [5.74, 6) is -0.194. The second-order valence-corrected chi connectivity index (χ2v) is 9.57.